The molecule has 3 aromatic carbocycles. The summed E-state index contributed by atoms with van der Waals surface area (Å²) < 4.78 is 16.8. The summed E-state index contributed by atoms with van der Waals surface area (Å²) in [5.41, 5.74) is 3.70. The number of carbonyl (C=O) groups excluding carboxylic acids is 1. The van der Waals surface area contributed by atoms with Crippen molar-refractivity contribution in [2.75, 3.05) is 18.5 Å². The van der Waals surface area contributed by atoms with Gasteiger partial charge in [-0.3, -0.25) is 10.1 Å². The predicted octanol–water partition coefficient (Wildman–Crippen LogP) is 4.41. The topological polar surface area (TPSA) is 106 Å². The van der Waals surface area contributed by atoms with Crippen LogP contribution in [-0.4, -0.2) is 34.3 Å². The number of nitrogens with zero attached hydrogens (tertiary/aromatic N) is 1. The molecule has 1 aliphatic heterocycles. The van der Waals surface area contributed by atoms with Gasteiger partial charge >= 0.3 is 0 Å². The van der Waals surface area contributed by atoms with Gasteiger partial charge in [-0.15, -0.1) is 0 Å². The molecule has 1 aromatic heterocycles. The van der Waals surface area contributed by atoms with Gasteiger partial charge in [-0.2, -0.15) is 0 Å². The molecule has 0 aliphatic carbocycles. The summed E-state index contributed by atoms with van der Waals surface area (Å²) in [6.45, 7) is 2.87. The largest absolute Gasteiger partial charge is 0.507 e. The van der Waals surface area contributed by atoms with Crippen LogP contribution in [-0.2, 0) is 0 Å². The van der Waals surface area contributed by atoms with E-state index in [4.69, 9.17) is 26.1 Å². The number of fused-ring (bicyclic) bond motifs is 2. The number of ether oxygens (including phenoxy) is 2. The summed E-state index contributed by atoms with van der Waals surface area (Å²) in [6.07, 6.45) is 0. The van der Waals surface area contributed by atoms with Crippen LogP contribution in [0.15, 0.2) is 59.0 Å². The minimum Gasteiger partial charge on any atom is -0.507 e. The van der Waals surface area contributed by atoms with E-state index in [1.807, 2.05) is 25.1 Å². The number of thiocarbonyl (C=S) groups is 1. The lowest BCUT2D eigenvalue weighted by molar-refractivity contribution is 0.0976. The Morgan fingerprint density at radius 2 is 1.85 bits per heavy atom. The zero-order chi connectivity index (χ0) is 22.9. The maximum absolute atomic E-state index is 12.6. The highest BCUT2D eigenvalue weighted by molar-refractivity contribution is 7.80. The molecule has 8 nitrogen and oxygen atoms in total. The number of nitrogens with one attached hydrogen (secondary N) is 2. The van der Waals surface area contributed by atoms with E-state index in [1.165, 1.54) is 6.07 Å². The van der Waals surface area contributed by atoms with Crippen LogP contribution in [0, 0.1) is 6.92 Å². The Morgan fingerprint density at radius 1 is 1.03 bits per heavy atom. The molecule has 0 saturated carbocycles. The normalized spacial score (nSPS) is 12.4. The first-order valence-corrected chi connectivity index (χ1v) is 10.6. The molecule has 166 valence electrons. The summed E-state index contributed by atoms with van der Waals surface area (Å²) in [5, 5.41) is 16.0. The Labute approximate surface area is 194 Å². The van der Waals surface area contributed by atoms with Crippen LogP contribution < -0.4 is 20.1 Å². The standard InChI is InChI=1S/C24H19N3O5S/c1-13-2-5-17-20(10-13)32-23(26-17)16-12-15(4-6-18(16)28)25-24(33)27-22(29)14-3-7-19-21(11-14)31-9-8-30-19/h2-7,10-12,28H,8-9H2,1H3,(H2,25,27,29,33). The number of phenols is 1. The van der Waals surface area contributed by atoms with Crippen LogP contribution in [0.25, 0.3) is 22.6 Å². The van der Waals surface area contributed by atoms with E-state index < -0.39 is 5.91 Å². The zero-order valence-electron chi connectivity index (χ0n) is 17.5. The number of aryl methyl sites for hydroxylation is 1. The van der Waals surface area contributed by atoms with Crippen molar-refractivity contribution in [3.05, 3.63) is 65.7 Å². The zero-order valence-corrected chi connectivity index (χ0v) is 18.4. The third-order valence-corrected chi connectivity index (χ3v) is 5.26. The highest BCUT2D eigenvalue weighted by atomic mass is 32.1. The quantitative estimate of drug-likeness (QED) is 0.304. The molecule has 0 fully saturated rings. The molecule has 2 heterocycles. The Hall–Kier alpha value is -4.11. The molecule has 5 rings (SSSR count). The number of carbonyl (C=O) groups is 1. The number of hydrogen-bond donors (Lipinski definition) is 3. The van der Waals surface area contributed by atoms with Crippen LogP contribution in [0.1, 0.15) is 15.9 Å². The molecule has 3 N–H and O–H groups in total. The first-order chi connectivity index (χ1) is 16.0. The van der Waals surface area contributed by atoms with Gasteiger partial charge in [0, 0.05) is 11.3 Å². The predicted molar refractivity (Wildman–Crippen MR) is 127 cm³/mol. The molecular formula is C24H19N3O5S. The maximum Gasteiger partial charge on any atom is 0.257 e. The Morgan fingerprint density at radius 3 is 2.70 bits per heavy atom. The molecule has 0 atom stereocenters. The van der Waals surface area contributed by atoms with Crippen LogP contribution in [0.5, 0.6) is 17.2 Å². The summed E-state index contributed by atoms with van der Waals surface area (Å²) in [4.78, 5) is 17.0. The lowest BCUT2D eigenvalue weighted by atomic mass is 10.1. The third-order valence-electron chi connectivity index (χ3n) is 5.06. The van der Waals surface area contributed by atoms with E-state index in [-0.39, 0.29) is 16.8 Å². The fourth-order valence-electron chi connectivity index (χ4n) is 3.45. The average molecular weight is 461 g/mol. The number of hydrogen-bond acceptors (Lipinski definition) is 7. The molecular weight excluding hydrogens is 442 g/mol. The molecule has 9 heteroatoms. The minimum absolute atomic E-state index is 0.00932. The van der Waals surface area contributed by atoms with Gasteiger partial charge in [0.1, 0.15) is 24.5 Å². The van der Waals surface area contributed by atoms with E-state index in [2.05, 4.69) is 15.6 Å². The molecule has 33 heavy (non-hydrogen) atoms. The first kappa shape index (κ1) is 20.8. The van der Waals surface area contributed by atoms with Crippen molar-refractivity contribution in [1.82, 2.24) is 10.3 Å². The smallest absolute Gasteiger partial charge is 0.257 e. The second kappa shape index (κ2) is 8.44. The van der Waals surface area contributed by atoms with Crippen molar-refractivity contribution in [1.29, 1.82) is 0 Å². The first-order valence-electron chi connectivity index (χ1n) is 10.2. The second-order valence-electron chi connectivity index (χ2n) is 7.49. The van der Waals surface area contributed by atoms with Crippen molar-refractivity contribution in [3.63, 3.8) is 0 Å². The van der Waals surface area contributed by atoms with Crippen LogP contribution in [0.3, 0.4) is 0 Å². The van der Waals surface area contributed by atoms with Crippen LogP contribution >= 0.6 is 12.2 Å². The van der Waals surface area contributed by atoms with E-state index >= 15 is 0 Å². The molecule has 0 unspecified atom stereocenters. The number of amides is 1. The summed E-state index contributed by atoms with van der Waals surface area (Å²) in [7, 11) is 0. The van der Waals surface area contributed by atoms with Crippen LogP contribution in [0.4, 0.5) is 5.69 Å². The molecule has 0 radical (unpaired) electrons. The third kappa shape index (κ3) is 4.31. The van der Waals surface area contributed by atoms with Crippen molar-refractivity contribution in [3.8, 4) is 28.7 Å². The molecule has 1 aliphatic rings. The van der Waals surface area contributed by atoms with E-state index in [0.717, 1.165) is 5.56 Å². The molecule has 4 aromatic rings. The SMILES string of the molecule is Cc1ccc2nc(-c3cc(NC(=S)NC(=O)c4ccc5c(c4)OCCO5)ccc3O)oc2c1. The molecule has 0 saturated heterocycles. The molecule has 0 bridgehead atoms. The van der Waals surface area contributed by atoms with Gasteiger partial charge in [0.2, 0.25) is 5.89 Å². The van der Waals surface area contributed by atoms with Gasteiger partial charge in [-0.1, -0.05) is 6.07 Å². The number of phenolic OH excluding ortho intramolecular Hbond substituents is 1. The number of aromatic nitrogens is 1. The number of aromatic hydroxyl groups is 1. The average Bonchev–Trinajstić information content (AvgIpc) is 3.22. The lowest BCUT2D eigenvalue weighted by Gasteiger charge is -2.18. The summed E-state index contributed by atoms with van der Waals surface area (Å²) in [5.74, 6) is 1.02. The van der Waals surface area contributed by atoms with Gasteiger partial charge in [-0.25, -0.2) is 4.98 Å². The van der Waals surface area contributed by atoms with Crippen LogP contribution in [0.2, 0.25) is 0 Å². The maximum atomic E-state index is 12.6. The lowest BCUT2D eigenvalue weighted by Crippen LogP contribution is -2.34. The van der Waals surface area contributed by atoms with Crippen molar-refractivity contribution in [2.45, 2.75) is 6.92 Å². The molecule has 0 spiro atoms. The van der Waals surface area contributed by atoms with Gasteiger partial charge in [-0.05, 0) is 73.2 Å². The Bertz CT molecular complexity index is 1400. The van der Waals surface area contributed by atoms with E-state index in [0.29, 0.717) is 52.6 Å². The Kier molecular flexibility index (Phi) is 5.31. The van der Waals surface area contributed by atoms with Crippen molar-refractivity contribution >= 4 is 40.0 Å². The number of anilines is 1. The van der Waals surface area contributed by atoms with E-state index in [1.54, 1.807) is 30.3 Å². The van der Waals surface area contributed by atoms with Gasteiger partial charge in [0.25, 0.3) is 5.91 Å². The van der Waals surface area contributed by atoms with Gasteiger partial charge in [0.15, 0.2) is 22.2 Å². The van der Waals surface area contributed by atoms with Crippen molar-refractivity contribution < 1.29 is 23.8 Å². The van der Waals surface area contributed by atoms with Gasteiger partial charge in [0.05, 0.1) is 5.56 Å². The number of oxazole rings is 1. The highest BCUT2D eigenvalue weighted by Gasteiger charge is 2.17. The monoisotopic (exact) mass is 461 g/mol. The fourth-order valence-corrected chi connectivity index (χ4v) is 3.66. The number of benzene rings is 3. The number of rotatable bonds is 3. The summed E-state index contributed by atoms with van der Waals surface area (Å²) in [6, 6.07) is 15.4. The highest BCUT2D eigenvalue weighted by Crippen LogP contribution is 2.34. The van der Waals surface area contributed by atoms with E-state index in [9.17, 15) is 9.90 Å². The Balaban J connectivity index is 1.32. The molecule has 1 amide bonds. The summed E-state index contributed by atoms with van der Waals surface area (Å²) >= 11 is 5.29. The van der Waals surface area contributed by atoms with Crippen molar-refractivity contribution in [2.24, 2.45) is 0 Å². The fraction of sp³-hybridized carbons (Fsp3) is 0.125. The minimum atomic E-state index is -0.391. The van der Waals surface area contributed by atoms with Gasteiger partial charge < -0.3 is 24.3 Å². The second-order valence-corrected chi connectivity index (χ2v) is 7.90.